The van der Waals surface area contributed by atoms with Crippen LogP contribution >= 0.6 is 23.2 Å². The fourth-order valence-electron chi connectivity index (χ4n) is 2.03. The summed E-state index contributed by atoms with van der Waals surface area (Å²) in [5.74, 6) is 0. The predicted octanol–water partition coefficient (Wildman–Crippen LogP) is 3.00. The van der Waals surface area contributed by atoms with Crippen molar-refractivity contribution < 1.29 is 0 Å². The Hall–Kier alpha value is -1.12. The van der Waals surface area contributed by atoms with E-state index < -0.39 is 0 Å². The Bertz CT molecular complexity index is 473. The van der Waals surface area contributed by atoms with E-state index in [9.17, 15) is 0 Å². The van der Waals surface area contributed by atoms with Crippen LogP contribution in [0, 0.1) is 0 Å². The molecular weight excluding hydrogens is 243 g/mol. The number of halogens is 2. The smallest absolute Gasteiger partial charge is 0.124 e. The molecule has 0 saturated heterocycles. The van der Waals surface area contributed by atoms with Crippen LogP contribution in [-0.2, 0) is 0 Å². The van der Waals surface area contributed by atoms with Gasteiger partial charge in [0.15, 0.2) is 0 Å². The van der Waals surface area contributed by atoms with E-state index in [4.69, 9.17) is 23.2 Å². The third-order valence-electron chi connectivity index (χ3n) is 2.80. The van der Waals surface area contributed by atoms with Gasteiger partial charge in [-0.3, -0.25) is 9.98 Å². The number of dihydropyridines is 2. The summed E-state index contributed by atoms with van der Waals surface area (Å²) in [6, 6.07) is -0.0626. The first-order chi connectivity index (χ1) is 7.74. The van der Waals surface area contributed by atoms with Crippen LogP contribution in [0.25, 0.3) is 0 Å². The number of hydrogen-bond acceptors (Lipinski definition) is 2. The number of allylic oxidation sites excluding steroid dienone is 4. The molecule has 1 aliphatic carbocycles. The van der Waals surface area contributed by atoms with Gasteiger partial charge in [0.25, 0.3) is 0 Å². The highest BCUT2D eigenvalue weighted by molar-refractivity contribution is 6.69. The van der Waals surface area contributed by atoms with Crippen molar-refractivity contribution in [2.24, 2.45) is 9.98 Å². The molecule has 3 rings (SSSR count). The number of nitrogens with zero attached hydrogens (tertiary/aromatic N) is 2. The Balaban J connectivity index is 2.07. The molecule has 0 amide bonds. The maximum absolute atomic E-state index is 5.92. The average Bonchev–Trinajstić information content (AvgIpc) is 2.29. The normalized spacial score (nSPS) is 30.9. The molecule has 0 aromatic rings. The summed E-state index contributed by atoms with van der Waals surface area (Å²) in [6.07, 6.45) is 11.7. The van der Waals surface area contributed by atoms with Gasteiger partial charge in [0.05, 0.1) is 0 Å². The van der Waals surface area contributed by atoms with Crippen molar-refractivity contribution in [1.82, 2.24) is 0 Å². The third kappa shape index (κ3) is 1.58. The minimum Gasteiger partial charge on any atom is -0.262 e. The zero-order valence-corrected chi connectivity index (χ0v) is 9.78. The highest BCUT2D eigenvalue weighted by Gasteiger charge is 2.31. The Labute approximate surface area is 103 Å². The molecule has 16 heavy (non-hydrogen) atoms. The van der Waals surface area contributed by atoms with Crippen molar-refractivity contribution in [3.05, 3.63) is 47.6 Å². The largest absolute Gasteiger partial charge is 0.262 e. The second kappa shape index (κ2) is 3.72. The van der Waals surface area contributed by atoms with Gasteiger partial charge in [-0.05, 0) is 23.3 Å². The van der Waals surface area contributed by atoms with Crippen molar-refractivity contribution in [1.29, 1.82) is 0 Å². The Morgan fingerprint density at radius 3 is 1.62 bits per heavy atom. The molecule has 4 heteroatoms. The van der Waals surface area contributed by atoms with Gasteiger partial charge in [-0.1, -0.05) is 47.5 Å². The lowest BCUT2D eigenvalue weighted by molar-refractivity contribution is 0.659. The quantitative estimate of drug-likeness (QED) is 0.632. The van der Waals surface area contributed by atoms with E-state index in [1.807, 2.05) is 12.2 Å². The molecule has 0 spiro atoms. The van der Waals surface area contributed by atoms with Crippen molar-refractivity contribution in [2.45, 2.75) is 12.1 Å². The van der Waals surface area contributed by atoms with Gasteiger partial charge in [0, 0.05) is 0 Å². The molecular formula is C12H8Cl2N2. The lowest BCUT2D eigenvalue weighted by Gasteiger charge is -2.29. The Morgan fingerprint density at radius 1 is 0.750 bits per heavy atom. The summed E-state index contributed by atoms with van der Waals surface area (Å²) in [5, 5.41) is 1.04. The lowest BCUT2D eigenvalue weighted by Crippen LogP contribution is -2.32. The van der Waals surface area contributed by atoms with Gasteiger partial charge in [0.2, 0.25) is 0 Å². The molecule has 3 aliphatic rings. The second-order valence-electron chi connectivity index (χ2n) is 3.79. The molecule has 0 bridgehead atoms. The number of fused-ring (bicyclic) bond motifs is 3. The first kappa shape index (κ1) is 10.1. The predicted molar refractivity (Wildman–Crippen MR) is 68.6 cm³/mol. The van der Waals surface area contributed by atoms with E-state index in [0.717, 1.165) is 11.1 Å². The summed E-state index contributed by atoms with van der Waals surface area (Å²) in [5.41, 5.74) is 2.25. The Morgan fingerprint density at radius 2 is 1.19 bits per heavy atom. The van der Waals surface area contributed by atoms with Crippen LogP contribution < -0.4 is 0 Å². The number of rotatable bonds is 0. The molecule has 80 valence electrons. The zero-order valence-electron chi connectivity index (χ0n) is 8.27. The second-order valence-corrected chi connectivity index (χ2v) is 4.57. The molecule has 2 heterocycles. The monoisotopic (exact) mass is 250 g/mol. The fourth-order valence-corrected chi connectivity index (χ4v) is 2.37. The summed E-state index contributed by atoms with van der Waals surface area (Å²) in [6.45, 7) is 0. The van der Waals surface area contributed by atoms with Crippen LogP contribution in [0.1, 0.15) is 0 Å². The molecule has 0 fully saturated rings. The van der Waals surface area contributed by atoms with Crippen LogP contribution in [0.5, 0.6) is 0 Å². The van der Waals surface area contributed by atoms with Crippen LogP contribution in [0.2, 0.25) is 0 Å². The highest BCUT2D eigenvalue weighted by Crippen LogP contribution is 2.31. The first-order valence-corrected chi connectivity index (χ1v) is 5.74. The summed E-state index contributed by atoms with van der Waals surface area (Å²) >= 11 is 11.8. The van der Waals surface area contributed by atoms with Gasteiger partial charge in [-0.15, -0.1) is 0 Å². The van der Waals surface area contributed by atoms with Crippen molar-refractivity contribution >= 4 is 33.5 Å². The minimum atomic E-state index is -0.0313. The molecule has 0 saturated carbocycles. The number of aliphatic imine (C=N–C) groups is 2. The van der Waals surface area contributed by atoms with E-state index in [1.165, 1.54) is 0 Å². The van der Waals surface area contributed by atoms with Crippen LogP contribution in [0.3, 0.4) is 0 Å². The van der Waals surface area contributed by atoms with Crippen molar-refractivity contribution in [3.8, 4) is 0 Å². The zero-order chi connectivity index (χ0) is 11.1. The summed E-state index contributed by atoms with van der Waals surface area (Å²) < 4.78 is 0. The van der Waals surface area contributed by atoms with E-state index in [1.54, 1.807) is 12.2 Å². The van der Waals surface area contributed by atoms with E-state index >= 15 is 0 Å². The van der Waals surface area contributed by atoms with E-state index in [0.29, 0.717) is 10.3 Å². The molecule has 2 unspecified atom stereocenters. The molecule has 0 N–H and O–H groups in total. The minimum absolute atomic E-state index is 0.0313. The fraction of sp³-hybridized carbons (Fsp3) is 0.167. The first-order valence-electron chi connectivity index (χ1n) is 4.98. The maximum Gasteiger partial charge on any atom is 0.124 e. The number of hydrogen-bond donors (Lipinski definition) is 0. The van der Waals surface area contributed by atoms with E-state index in [2.05, 4.69) is 22.1 Å². The average molecular weight is 251 g/mol. The van der Waals surface area contributed by atoms with Gasteiger partial charge in [-0.25, -0.2) is 0 Å². The molecule has 0 radical (unpaired) electrons. The van der Waals surface area contributed by atoms with Crippen LogP contribution in [-0.4, -0.2) is 22.4 Å². The van der Waals surface area contributed by atoms with Crippen molar-refractivity contribution in [2.75, 3.05) is 0 Å². The lowest BCUT2D eigenvalue weighted by atomic mass is 9.86. The highest BCUT2D eigenvalue weighted by atomic mass is 35.5. The molecule has 2 nitrogen and oxygen atoms in total. The van der Waals surface area contributed by atoms with Crippen molar-refractivity contribution in [3.63, 3.8) is 0 Å². The van der Waals surface area contributed by atoms with Gasteiger partial charge in [-0.2, -0.15) is 0 Å². The van der Waals surface area contributed by atoms with Gasteiger partial charge >= 0.3 is 0 Å². The van der Waals surface area contributed by atoms with Crippen LogP contribution in [0.15, 0.2) is 57.6 Å². The van der Waals surface area contributed by atoms with Gasteiger partial charge < -0.3 is 0 Å². The van der Waals surface area contributed by atoms with Gasteiger partial charge in [0.1, 0.15) is 22.4 Å². The maximum atomic E-state index is 5.92. The summed E-state index contributed by atoms with van der Waals surface area (Å²) in [7, 11) is 0. The van der Waals surface area contributed by atoms with E-state index in [-0.39, 0.29) is 12.1 Å². The summed E-state index contributed by atoms with van der Waals surface area (Å²) in [4.78, 5) is 8.82. The topological polar surface area (TPSA) is 24.7 Å². The molecule has 0 aromatic heterocycles. The molecule has 2 aliphatic heterocycles. The SMILES string of the molecule is ClC1=NC2C(=CC=C3C=CC(Cl)=NC32)C=C1. The van der Waals surface area contributed by atoms with Crippen LogP contribution in [0.4, 0.5) is 0 Å². The third-order valence-corrected chi connectivity index (χ3v) is 3.25. The standard InChI is InChI=1S/C12H8Cl2N2/c13-9-5-3-7-1-2-8-4-6-10(14)16-12(8)11(7)15-9/h1-6,11-12H. The molecule has 0 aromatic carbocycles. The Kier molecular flexibility index (Phi) is 2.34. The molecule has 2 atom stereocenters.